The molecule has 0 N–H and O–H groups in total. The molecule has 2 aromatic rings. The number of hydrogen-bond donors (Lipinski definition) is 0. The third kappa shape index (κ3) is 2.21. The van der Waals surface area contributed by atoms with Crippen molar-refractivity contribution in [1.82, 2.24) is 0 Å². The van der Waals surface area contributed by atoms with Gasteiger partial charge in [0.1, 0.15) is 11.5 Å². The van der Waals surface area contributed by atoms with Gasteiger partial charge in [0.05, 0.1) is 11.6 Å². The Hall–Kier alpha value is -2.27. The van der Waals surface area contributed by atoms with Gasteiger partial charge < -0.3 is 4.74 Å². The third-order valence-corrected chi connectivity index (χ3v) is 2.22. The Morgan fingerprint density at radius 2 is 2.12 bits per heavy atom. The van der Waals surface area contributed by atoms with Crippen LogP contribution in [0.15, 0.2) is 42.5 Å². The normalized spacial score (nSPS) is 9.50. The highest BCUT2D eigenvalue weighted by Crippen LogP contribution is 2.25. The number of aryl methyl sites for hydroxylation is 1. The Labute approximate surface area is 94.7 Å². The summed E-state index contributed by atoms with van der Waals surface area (Å²) in [7, 11) is 0. The van der Waals surface area contributed by atoms with Gasteiger partial charge in [-0.15, -0.1) is 0 Å². The molecule has 0 unspecified atom stereocenters. The van der Waals surface area contributed by atoms with Crippen LogP contribution < -0.4 is 4.74 Å². The minimum absolute atomic E-state index is 0.594. The van der Waals surface area contributed by atoms with Crippen LogP contribution in [0.1, 0.15) is 11.1 Å². The van der Waals surface area contributed by atoms with Crippen LogP contribution in [0, 0.1) is 24.3 Å². The first kappa shape index (κ1) is 10.3. The lowest BCUT2D eigenvalue weighted by molar-refractivity contribution is 0.478. The van der Waals surface area contributed by atoms with Crippen molar-refractivity contribution in [1.29, 1.82) is 5.26 Å². The molecule has 0 aliphatic rings. The number of nitrogens with zero attached hydrogens (tertiary/aromatic N) is 1. The minimum Gasteiger partial charge on any atom is -0.456 e. The smallest absolute Gasteiger partial charge is 0.135 e. The minimum atomic E-state index is 0.594. The molecular formula is C14H10NO. The molecule has 2 rings (SSSR count). The SMILES string of the molecule is Cc1ccc(C#N)cc1Oc1[c]cccc1. The lowest BCUT2D eigenvalue weighted by Gasteiger charge is -2.08. The van der Waals surface area contributed by atoms with Crippen LogP contribution in [0.25, 0.3) is 0 Å². The van der Waals surface area contributed by atoms with Crippen molar-refractivity contribution in [3.05, 3.63) is 59.7 Å². The zero-order valence-electron chi connectivity index (χ0n) is 8.90. The van der Waals surface area contributed by atoms with Crippen molar-refractivity contribution in [2.24, 2.45) is 0 Å². The summed E-state index contributed by atoms with van der Waals surface area (Å²) in [5.41, 5.74) is 1.59. The molecule has 0 bridgehead atoms. The summed E-state index contributed by atoms with van der Waals surface area (Å²) in [6.45, 7) is 1.94. The first-order valence-electron chi connectivity index (χ1n) is 4.95. The van der Waals surface area contributed by atoms with E-state index in [2.05, 4.69) is 12.1 Å². The molecule has 2 nitrogen and oxygen atoms in total. The second-order valence-corrected chi connectivity index (χ2v) is 3.42. The van der Waals surface area contributed by atoms with Crippen molar-refractivity contribution in [2.75, 3.05) is 0 Å². The standard InChI is InChI=1S/C14H10NO/c1-11-7-8-12(10-15)9-14(11)16-13-5-3-2-4-6-13/h2-5,7-9H,1H3. The molecule has 0 fully saturated rings. The maximum atomic E-state index is 8.81. The van der Waals surface area contributed by atoms with Crippen LogP contribution in [0.5, 0.6) is 11.5 Å². The summed E-state index contributed by atoms with van der Waals surface area (Å²) in [5, 5.41) is 8.81. The van der Waals surface area contributed by atoms with Gasteiger partial charge >= 0.3 is 0 Å². The van der Waals surface area contributed by atoms with E-state index in [0.717, 1.165) is 5.56 Å². The topological polar surface area (TPSA) is 33.0 Å². The van der Waals surface area contributed by atoms with E-state index in [1.165, 1.54) is 0 Å². The van der Waals surface area contributed by atoms with E-state index in [9.17, 15) is 0 Å². The van der Waals surface area contributed by atoms with E-state index in [1.54, 1.807) is 18.2 Å². The highest BCUT2D eigenvalue weighted by Gasteiger charge is 2.02. The number of hydrogen-bond acceptors (Lipinski definition) is 2. The largest absolute Gasteiger partial charge is 0.456 e. The number of nitriles is 1. The lowest BCUT2D eigenvalue weighted by Crippen LogP contribution is -1.88. The molecule has 0 saturated heterocycles. The Balaban J connectivity index is 2.31. The maximum Gasteiger partial charge on any atom is 0.135 e. The first-order chi connectivity index (χ1) is 7.79. The highest BCUT2D eigenvalue weighted by atomic mass is 16.5. The average Bonchev–Trinajstić information content (AvgIpc) is 2.33. The molecule has 0 amide bonds. The monoisotopic (exact) mass is 208 g/mol. The van der Waals surface area contributed by atoms with Gasteiger partial charge in [0.15, 0.2) is 0 Å². The van der Waals surface area contributed by atoms with Crippen LogP contribution >= 0.6 is 0 Å². The molecule has 16 heavy (non-hydrogen) atoms. The second kappa shape index (κ2) is 4.50. The predicted molar refractivity (Wildman–Crippen MR) is 61.2 cm³/mol. The Kier molecular flexibility index (Phi) is 2.88. The second-order valence-electron chi connectivity index (χ2n) is 3.42. The molecule has 77 valence electrons. The fourth-order valence-corrected chi connectivity index (χ4v) is 1.34. The van der Waals surface area contributed by atoms with Gasteiger partial charge in [-0.25, -0.2) is 0 Å². The summed E-state index contributed by atoms with van der Waals surface area (Å²) in [6.07, 6.45) is 0. The molecular weight excluding hydrogens is 198 g/mol. The quantitative estimate of drug-likeness (QED) is 0.757. The number of benzene rings is 2. The maximum absolute atomic E-state index is 8.81. The van der Waals surface area contributed by atoms with Crippen molar-refractivity contribution < 1.29 is 4.74 Å². The van der Waals surface area contributed by atoms with Crippen LogP contribution in [-0.2, 0) is 0 Å². The Morgan fingerprint density at radius 1 is 1.25 bits per heavy atom. The van der Waals surface area contributed by atoms with Crippen LogP contribution in [0.3, 0.4) is 0 Å². The summed E-state index contributed by atoms with van der Waals surface area (Å²) in [5.74, 6) is 1.35. The highest BCUT2D eigenvalue weighted by molar-refractivity contribution is 5.43. The number of rotatable bonds is 2. The van der Waals surface area contributed by atoms with E-state index in [0.29, 0.717) is 17.1 Å². The summed E-state index contributed by atoms with van der Waals surface area (Å²) in [4.78, 5) is 0. The summed E-state index contributed by atoms with van der Waals surface area (Å²) >= 11 is 0. The van der Waals surface area contributed by atoms with Gasteiger partial charge in [0, 0.05) is 6.07 Å². The Bertz CT molecular complexity index is 526. The molecule has 1 radical (unpaired) electrons. The van der Waals surface area contributed by atoms with E-state index < -0.39 is 0 Å². The zero-order chi connectivity index (χ0) is 11.4. The molecule has 2 aromatic carbocycles. The van der Waals surface area contributed by atoms with Gasteiger partial charge in [-0.3, -0.25) is 0 Å². The number of para-hydroxylation sites is 1. The molecule has 0 spiro atoms. The third-order valence-electron chi connectivity index (χ3n) is 2.22. The van der Waals surface area contributed by atoms with Gasteiger partial charge in [-0.05, 0) is 30.7 Å². The van der Waals surface area contributed by atoms with Gasteiger partial charge in [0.25, 0.3) is 0 Å². The van der Waals surface area contributed by atoms with Crippen molar-refractivity contribution >= 4 is 0 Å². The fraction of sp³-hybridized carbons (Fsp3) is 0.0714. The van der Waals surface area contributed by atoms with E-state index in [1.807, 2.05) is 31.2 Å². The van der Waals surface area contributed by atoms with Gasteiger partial charge in [0.2, 0.25) is 0 Å². The average molecular weight is 208 g/mol. The lowest BCUT2D eigenvalue weighted by atomic mass is 10.1. The van der Waals surface area contributed by atoms with E-state index >= 15 is 0 Å². The van der Waals surface area contributed by atoms with Crippen LogP contribution in [0.4, 0.5) is 0 Å². The predicted octanol–water partition coefficient (Wildman–Crippen LogP) is 3.46. The van der Waals surface area contributed by atoms with Gasteiger partial charge in [-0.2, -0.15) is 5.26 Å². The van der Waals surface area contributed by atoms with Crippen molar-refractivity contribution in [3.63, 3.8) is 0 Å². The first-order valence-corrected chi connectivity index (χ1v) is 4.95. The molecule has 0 saturated carbocycles. The fourth-order valence-electron chi connectivity index (χ4n) is 1.34. The zero-order valence-corrected chi connectivity index (χ0v) is 8.90. The molecule has 0 heterocycles. The van der Waals surface area contributed by atoms with Crippen molar-refractivity contribution in [3.8, 4) is 17.6 Å². The van der Waals surface area contributed by atoms with Crippen LogP contribution in [-0.4, -0.2) is 0 Å². The molecule has 0 aromatic heterocycles. The van der Waals surface area contributed by atoms with Gasteiger partial charge in [-0.1, -0.05) is 24.3 Å². The molecule has 0 aliphatic carbocycles. The van der Waals surface area contributed by atoms with Crippen LogP contribution in [0.2, 0.25) is 0 Å². The summed E-state index contributed by atoms with van der Waals surface area (Å²) in [6, 6.07) is 17.8. The molecule has 0 aliphatic heterocycles. The van der Waals surface area contributed by atoms with Crippen molar-refractivity contribution in [2.45, 2.75) is 6.92 Å². The summed E-state index contributed by atoms with van der Waals surface area (Å²) < 4.78 is 5.64. The van der Waals surface area contributed by atoms with E-state index in [-0.39, 0.29) is 0 Å². The molecule has 2 heteroatoms. The molecule has 0 atom stereocenters. The van der Waals surface area contributed by atoms with E-state index in [4.69, 9.17) is 10.00 Å². The Morgan fingerprint density at radius 3 is 2.81 bits per heavy atom. The number of ether oxygens (including phenoxy) is 1.